The number of benzene rings is 3. The Labute approximate surface area is 204 Å². The van der Waals surface area contributed by atoms with Gasteiger partial charge < -0.3 is 15.5 Å². The van der Waals surface area contributed by atoms with Crippen LogP contribution in [0.2, 0.25) is 0 Å². The molecule has 3 rings (SSSR count). The lowest BCUT2D eigenvalue weighted by Gasteiger charge is -2.22. The third-order valence-corrected chi connectivity index (χ3v) is 5.62. The lowest BCUT2D eigenvalue weighted by Crippen LogP contribution is -2.37. The molecule has 0 heterocycles. The van der Waals surface area contributed by atoms with Crippen LogP contribution in [0.4, 0.5) is 28.4 Å². The number of hydrogen-bond donors (Lipinski definition) is 3. The highest BCUT2D eigenvalue weighted by molar-refractivity contribution is 5.82. The average molecular weight is 457 g/mol. The number of para-hydroxylation sites is 1. The van der Waals surface area contributed by atoms with Gasteiger partial charge in [0.15, 0.2) is 0 Å². The molecule has 3 aromatic rings. The third kappa shape index (κ3) is 6.78. The lowest BCUT2D eigenvalue weighted by atomic mass is 10.2. The summed E-state index contributed by atoms with van der Waals surface area (Å²) in [6, 6.07) is 25.0. The Balaban J connectivity index is 1.56. The molecular weight excluding hydrogens is 420 g/mol. The summed E-state index contributed by atoms with van der Waals surface area (Å²) in [5.74, 6) is 0.802. The summed E-state index contributed by atoms with van der Waals surface area (Å²) in [6.45, 7) is 8.33. The van der Waals surface area contributed by atoms with Gasteiger partial charge in [-0.3, -0.25) is 10.4 Å². The van der Waals surface area contributed by atoms with Crippen molar-refractivity contribution in [3.05, 3.63) is 84.6 Å². The van der Waals surface area contributed by atoms with Crippen molar-refractivity contribution in [1.82, 2.24) is 5.43 Å². The molecule has 0 unspecified atom stereocenters. The highest BCUT2D eigenvalue weighted by Gasteiger charge is 2.04. The normalized spacial score (nSPS) is 11.4. The first-order chi connectivity index (χ1) is 16.5. The van der Waals surface area contributed by atoms with E-state index in [9.17, 15) is 0 Å². The van der Waals surface area contributed by atoms with Gasteiger partial charge >= 0.3 is 0 Å². The van der Waals surface area contributed by atoms with Crippen LogP contribution in [0, 0.1) is 0 Å². The molecule has 178 valence electrons. The molecule has 3 aromatic carbocycles. The summed E-state index contributed by atoms with van der Waals surface area (Å²) in [7, 11) is 3.90. The summed E-state index contributed by atoms with van der Waals surface area (Å²) < 4.78 is 0. The predicted octanol–water partition coefficient (Wildman–Crippen LogP) is 6.35. The van der Waals surface area contributed by atoms with Crippen molar-refractivity contribution in [3.63, 3.8) is 0 Å². The lowest BCUT2D eigenvalue weighted by molar-refractivity contribution is 0.866. The van der Waals surface area contributed by atoms with Crippen LogP contribution < -0.4 is 26.0 Å². The maximum Gasteiger partial charge on any atom is 0.117 e. The highest BCUT2D eigenvalue weighted by Crippen LogP contribution is 2.23. The molecule has 34 heavy (non-hydrogen) atoms. The first-order valence-corrected chi connectivity index (χ1v) is 11.7. The number of nitrogens with one attached hydrogen (secondary N) is 3. The molecule has 0 spiro atoms. The molecule has 0 aliphatic rings. The van der Waals surface area contributed by atoms with Crippen LogP contribution in [-0.2, 0) is 0 Å². The van der Waals surface area contributed by atoms with Gasteiger partial charge in [-0.15, -0.1) is 0 Å². The van der Waals surface area contributed by atoms with Crippen LogP contribution in [0.3, 0.4) is 0 Å². The van der Waals surface area contributed by atoms with Gasteiger partial charge in [-0.25, -0.2) is 4.99 Å². The average Bonchev–Trinajstić information content (AvgIpc) is 2.86. The number of amidine groups is 1. The van der Waals surface area contributed by atoms with Crippen molar-refractivity contribution in [3.8, 4) is 0 Å². The Morgan fingerprint density at radius 3 is 2.03 bits per heavy atom. The van der Waals surface area contributed by atoms with Crippen molar-refractivity contribution < 1.29 is 0 Å². The molecule has 6 nitrogen and oxygen atoms in total. The van der Waals surface area contributed by atoms with Crippen molar-refractivity contribution >= 4 is 40.3 Å². The van der Waals surface area contributed by atoms with Crippen LogP contribution in [-0.4, -0.2) is 33.0 Å². The second kappa shape index (κ2) is 12.3. The molecule has 0 amide bonds. The van der Waals surface area contributed by atoms with Crippen LogP contribution in [0.15, 0.2) is 84.0 Å². The van der Waals surface area contributed by atoms with E-state index in [0.717, 1.165) is 47.2 Å². The second-order valence-electron chi connectivity index (χ2n) is 7.93. The van der Waals surface area contributed by atoms with Gasteiger partial charge in [0, 0.05) is 56.1 Å². The van der Waals surface area contributed by atoms with Crippen LogP contribution in [0.1, 0.15) is 26.3 Å². The Morgan fingerprint density at radius 1 is 0.853 bits per heavy atom. The van der Waals surface area contributed by atoms with E-state index < -0.39 is 0 Å². The first kappa shape index (κ1) is 24.7. The van der Waals surface area contributed by atoms with Gasteiger partial charge in [0.25, 0.3) is 0 Å². The number of hydrazine groups is 1. The Hall–Kier alpha value is -3.93. The topological polar surface area (TPSA) is 54.9 Å². The molecule has 0 radical (unpaired) electrons. The van der Waals surface area contributed by atoms with Crippen LogP contribution in [0.25, 0.3) is 6.08 Å². The molecule has 0 aromatic heterocycles. The molecular formula is C28H36N6. The van der Waals surface area contributed by atoms with Gasteiger partial charge in [-0.05, 0) is 87.0 Å². The van der Waals surface area contributed by atoms with Crippen molar-refractivity contribution in [2.24, 2.45) is 4.99 Å². The zero-order chi connectivity index (χ0) is 24.3. The van der Waals surface area contributed by atoms with E-state index in [1.165, 1.54) is 5.69 Å². The largest absolute Gasteiger partial charge is 0.388 e. The minimum Gasteiger partial charge on any atom is -0.388 e. The minimum absolute atomic E-state index is 0.802. The Morgan fingerprint density at radius 2 is 1.44 bits per heavy atom. The number of rotatable bonds is 10. The Bertz CT molecular complexity index is 1080. The maximum atomic E-state index is 4.51. The molecule has 3 N–H and O–H groups in total. The van der Waals surface area contributed by atoms with Gasteiger partial charge in [0.2, 0.25) is 0 Å². The molecule has 6 heteroatoms. The van der Waals surface area contributed by atoms with E-state index >= 15 is 0 Å². The number of aliphatic imine (C=N–C) groups is 1. The van der Waals surface area contributed by atoms with Gasteiger partial charge in [0.1, 0.15) is 5.84 Å². The van der Waals surface area contributed by atoms with Gasteiger partial charge in [-0.2, -0.15) is 0 Å². The summed E-state index contributed by atoms with van der Waals surface area (Å²) in [5, 5.41) is 8.61. The highest BCUT2D eigenvalue weighted by atomic mass is 15.5. The minimum atomic E-state index is 0.802. The third-order valence-electron chi connectivity index (χ3n) is 5.62. The summed E-state index contributed by atoms with van der Waals surface area (Å²) in [4.78, 5) is 6.84. The fourth-order valence-corrected chi connectivity index (χ4v) is 3.71. The van der Waals surface area contributed by atoms with E-state index in [-0.39, 0.29) is 0 Å². The van der Waals surface area contributed by atoms with E-state index in [2.05, 4.69) is 94.4 Å². The molecule has 0 aliphatic carbocycles. The first-order valence-electron chi connectivity index (χ1n) is 11.7. The summed E-state index contributed by atoms with van der Waals surface area (Å²) in [5.41, 5.74) is 9.88. The maximum absolute atomic E-state index is 4.51. The van der Waals surface area contributed by atoms with E-state index in [0.29, 0.717) is 0 Å². The van der Waals surface area contributed by atoms with Gasteiger partial charge in [-0.1, -0.05) is 18.2 Å². The molecule has 0 bridgehead atoms. The van der Waals surface area contributed by atoms with Crippen LogP contribution >= 0.6 is 0 Å². The molecule has 0 aliphatic heterocycles. The quantitative estimate of drug-likeness (QED) is 0.189. The predicted molar refractivity (Wildman–Crippen MR) is 149 cm³/mol. The molecule has 0 atom stereocenters. The SMILES string of the molecule is CCN(CC)c1ccc(Nc2ccc(N(C)NC(C)=N/C=C\c3ccccc3NC)cc2)cc1. The summed E-state index contributed by atoms with van der Waals surface area (Å²) >= 11 is 0. The zero-order valence-corrected chi connectivity index (χ0v) is 20.8. The number of anilines is 5. The van der Waals surface area contributed by atoms with E-state index in [4.69, 9.17) is 0 Å². The van der Waals surface area contributed by atoms with E-state index in [1.807, 2.05) is 56.5 Å². The number of nitrogens with zero attached hydrogens (tertiary/aromatic N) is 3. The van der Waals surface area contributed by atoms with Crippen LogP contribution in [0.5, 0.6) is 0 Å². The summed E-state index contributed by atoms with van der Waals surface area (Å²) in [6.07, 6.45) is 3.80. The fourth-order valence-electron chi connectivity index (χ4n) is 3.71. The smallest absolute Gasteiger partial charge is 0.117 e. The number of hydrogen-bond acceptors (Lipinski definition) is 5. The standard InChI is InChI=1S/C28H36N6/c1-6-34(7-2)27-18-14-25(15-19-27)31-24-12-16-26(17-13-24)33(5)32-22(3)30-21-20-23-10-8-9-11-28(23)29-4/h8-21,29,31H,6-7H2,1-5H3,(H,30,32)/b21-20-. The Kier molecular flexibility index (Phi) is 8.97. The molecule has 0 saturated carbocycles. The van der Waals surface area contributed by atoms with Gasteiger partial charge in [0.05, 0.1) is 5.69 Å². The second-order valence-corrected chi connectivity index (χ2v) is 7.93. The van der Waals surface area contributed by atoms with Crippen molar-refractivity contribution in [1.29, 1.82) is 0 Å². The monoisotopic (exact) mass is 456 g/mol. The van der Waals surface area contributed by atoms with E-state index in [1.54, 1.807) is 0 Å². The zero-order valence-electron chi connectivity index (χ0n) is 20.8. The fraction of sp³-hybridized carbons (Fsp3) is 0.250. The molecule has 0 saturated heterocycles. The molecule has 0 fully saturated rings. The van der Waals surface area contributed by atoms with Crippen molar-refractivity contribution in [2.75, 3.05) is 47.7 Å². The van der Waals surface area contributed by atoms with Crippen molar-refractivity contribution in [2.45, 2.75) is 20.8 Å².